The zero-order chi connectivity index (χ0) is 26.4. The number of nitrogens with one attached hydrogen (secondary N) is 1. The van der Waals surface area contributed by atoms with Gasteiger partial charge in [-0.2, -0.15) is 0 Å². The summed E-state index contributed by atoms with van der Waals surface area (Å²) in [4.78, 5) is 36.7. The Labute approximate surface area is 213 Å². The molecule has 9 nitrogen and oxygen atoms in total. The van der Waals surface area contributed by atoms with Crippen molar-refractivity contribution in [3.8, 4) is 23.0 Å². The summed E-state index contributed by atoms with van der Waals surface area (Å²) in [5.74, 6) is -0.229. The molecule has 1 aliphatic heterocycles. The molecular formula is C28H25NO8. The summed E-state index contributed by atoms with van der Waals surface area (Å²) < 4.78 is 21.8. The van der Waals surface area contributed by atoms with Crippen LogP contribution in [0.3, 0.4) is 0 Å². The number of carbonyl (C=O) groups is 3. The number of allylic oxidation sites excluding steroid dienone is 1. The standard InChI is InChI=1S/C28H25NO8/c1-34-22-11-8-18(13-24(22)35-2)14-25-27(31)20-10-9-19(15-23(20)37-25)36-16-26(30)29-21(28(32)33)12-17-6-4-3-5-7-17/h3-11,13-15,21H,12,16H2,1-2H3,(H,29,30)(H,32,33)/b25-14-/t21-/m1/s1. The summed E-state index contributed by atoms with van der Waals surface area (Å²) >= 11 is 0. The topological polar surface area (TPSA) is 120 Å². The number of aliphatic carboxylic acids is 1. The molecule has 1 aliphatic rings. The lowest BCUT2D eigenvalue weighted by Gasteiger charge is -2.15. The van der Waals surface area contributed by atoms with Crippen molar-refractivity contribution >= 4 is 23.7 Å². The number of carboxylic acid groups (broad SMARTS) is 1. The van der Waals surface area contributed by atoms with Gasteiger partial charge in [-0.1, -0.05) is 36.4 Å². The van der Waals surface area contributed by atoms with E-state index in [0.717, 1.165) is 5.56 Å². The molecule has 0 saturated carbocycles. The lowest BCUT2D eigenvalue weighted by atomic mass is 10.1. The van der Waals surface area contributed by atoms with E-state index >= 15 is 0 Å². The first-order valence-electron chi connectivity index (χ1n) is 11.4. The van der Waals surface area contributed by atoms with Crippen LogP contribution in [-0.4, -0.2) is 49.6 Å². The average molecular weight is 504 g/mol. The molecule has 1 amide bonds. The highest BCUT2D eigenvalue weighted by atomic mass is 16.5. The van der Waals surface area contributed by atoms with Gasteiger partial charge in [-0.3, -0.25) is 9.59 Å². The van der Waals surface area contributed by atoms with Crippen molar-refractivity contribution in [2.24, 2.45) is 0 Å². The largest absolute Gasteiger partial charge is 0.493 e. The van der Waals surface area contributed by atoms with E-state index in [2.05, 4.69) is 5.32 Å². The maximum absolute atomic E-state index is 12.8. The number of methoxy groups -OCH3 is 2. The molecule has 9 heteroatoms. The number of carboxylic acids is 1. The fourth-order valence-corrected chi connectivity index (χ4v) is 3.79. The summed E-state index contributed by atoms with van der Waals surface area (Å²) in [5.41, 5.74) is 1.83. The van der Waals surface area contributed by atoms with Crippen molar-refractivity contribution < 1.29 is 38.4 Å². The lowest BCUT2D eigenvalue weighted by molar-refractivity contribution is -0.142. The molecule has 37 heavy (non-hydrogen) atoms. The van der Waals surface area contributed by atoms with Gasteiger partial charge in [0.1, 0.15) is 17.5 Å². The van der Waals surface area contributed by atoms with Gasteiger partial charge in [-0.05, 0) is 41.5 Å². The predicted molar refractivity (Wildman–Crippen MR) is 134 cm³/mol. The highest BCUT2D eigenvalue weighted by Gasteiger charge is 2.28. The van der Waals surface area contributed by atoms with Crippen LogP contribution < -0.4 is 24.3 Å². The number of amides is 1. The second-order valence-corrected chi connectivity index (χ2v) is 8.15. The summed E-state index contributed by atoms with van der Waals surface area (Å²) in [6.45, 7) is -0.403. The average Bonchev–Trinajstić information content (AvgIpc) is 3.21. The third-order valence-electron chi connectivity index (χ3n) is 5.63. The monoisotopic (exact) mass is 503 g/mol. The molecule has 1 heterocycles. The van der Waals surface area contributed by atoms with Gasteiger partial charge in [0.15, 0.2) is 23.9 Å². The Hall–Kier alpha value is -4.79. The van der Waals surface area contributed by atoms with Gasteiger partial charge in [-0.15, -0.1) is 0 Å². The minimum absolute atomic E-state index is 0.127. The number of rotatable bonds is 10. The maximum Gasteiger partial charge on any atom is 0.326 e. The zero-order valence-electron chi connectivity index (χ0n) is 20.2. The Kier molecular flexibility index (Phi) is 7.73. The smallest absolute Gasteiger partial charge is 0.326 e. The van der Waals surface area contributed by atoms with Crippen LogP contribution in [0.25, 0.3) is 6.08 Å². The van der Waals surface area contributed by atoms with Crippen molar-refractivity contribution in [3.05, 3.63) is 89.2 Å². The molecular weight excluding hydrogens is 478 g/mol. The molecule has 1 atom stereocenters. The van der Waals surface area contributed by atoms with Crippen molar-refractivity contribution in [3.63, 3.8) is 0 Å². The first-order chi connectivity index (χ1) is 17.9. The highest BCUT2D eigenvalue weighted by Crippen LogP contribution is 2.36. The second kappa shape index (κ2) is 11.3. The molecule has 0 radical (unpaired) electrons. The van der Waals surface area contributed by atoms with Crippen LogP contribution in [0.1, 0.15) is 21.5 Å². The van der Waals surface area contributed by atoms with E-state index in [1.807, 2.05) is 6.07 Å². The summed E-state index contributed by atoms with van der Waals surface area (Å²) in [7, 11) is 3.06. The van der Waals surface area contributed by atoms with E-state index in [1.54, 1.807) is 60.7 Å². The van der Waals surface area contributed by atoms with Crippen LogP contribution in [0.2, 0.25) is 0 Å². The zero-order valence-corrected chi connectivity index (χ0v) is 20.2. The number of carbonyl (C=O) groups excluding carboxylic acids is 2. The van der Waals surface area contributed by atoms with Crippen LogP contribution in [0.5, 0.6) is 23.0 Å². The highest BCUT2D eigenvalue weighted by molar-refractivity contribution is 6.14. The normalized spacial score (nSPS) is 13.9. The SMILES string of the molecule is COc1ccc(/C=C2\Oc3cc(OCC(=O)N[C@H](Cc4ccccc4)C(=O)O)ccc3C2=O)cc1OC. The summed E-state index contributed by atoms with van der Waals surface area (Å²) in [5, 5.41) is 11.9. The molecule has 190 valence electrons. The van der Waals surface area contributed by atoms with Gasteiger partial charge in [0.2, 0.25) is 5.78 Å². The van der Waals surface area contributed by atoms with Crippen molar-refractivity contribution in [1.82, 2.24) is 5.32 Å². The van der Waals surface area contributed by atoms with Gasteiger partial charge in [0.25, 0.3) is 5.91 Å². The first-order valence-corrected chi connectivity index (χ1v) is 11.4. The summed E-state index contributed by atoms with van der Waals surface area (Å²) in [6, 6.07) is 17.7. The Balaban J connectivity index is 1.39. The number of hydrogen-bond acceptors (Lipinski definition) is 7. The van der Waals surface area contributed by atoms with Crippen molar-refractivity contribution in [2.45, 2.75) is 12.5 Å². The fraction of sp³-hybridized carbons (Fsp3) is 0.179. The molecule has 0 unspecified atom stereocenters. The van der Waals surface area contributed by atoms with Crippen LogP contribution in [0, 0.1) is 0 Å². The molecule has 3 aromatic carbocycles. The Morgan fingerprint density at radius 1 is 1.00 bits per heavy atom. The third-order valence-corrected chi connectivity index (χ3v) is 5.63. The van der Waals surface area contributed by atoms with Gasteiger partial charge < -0.3 is 29.4 Å². The van der Waals surface area contributed by atoms with Crippen LogP contribution in [-0.2, 0) is 16.0 Å². The van der Waals surface area contributed by atoms with E-state index in [-0.39, 0.29) is 18.0 Å². The number of benzene rings is 3. The van der Waals surface area contributed by atoms with E-state index in [4.69, 9.17) is 18.9 Å². The fourth-order valence-electron chi connectivity index (χ4n) is 3.79. The summed E-state index contributed by atoms with van der Waals surface area (Å²) in [6.07, 6.45) is 1.74. The molecule has 0 fully saturated rings. The lowest BCUT2D eigenvalue weighted by Crippen LogP contribution is -2.44. The van der Waals surface area contributed by atoms with Gasteiger partial charge in [0.05, 0.1) is 19.8 Å². The minimum Gasteiger partial charge on any atom is -0.493 e. The van der Waals surface area contributed by atoms with Gasteiger partial charge in [-0.25, -0.2) is 4.79 Å². The molecule has 0 spiro atoms. The minimum atomic E-state index is -1.14. The van der Waals surface area contributed by atoms with E-state index in [0.29, 0.717) is 34.1 Å². The van der Waals surface area contributed by atoms with Crippen molar-refractivity contribution in [2.75, 3.05) is 20.8 Å². The molecule has 0 bridgehead atoms. The van der Waals surface area contributed by atoms with Crippen LogP contribution in [0.4, 0.5) is 0 Å². The number of ketones is 1. The second-order valence-electron chi connectivity index (χ2n) is 8.15. The quantitative estimate of drug-likeness (QED) is 0.404. The predicted octanol–water partition coefficient (Wildman–Crippen LogP) is 3.51. The Morgan fingerprint density at radius 3 is 2.46 bits per heavy atom. The van der Waals surface area contributed by atoms with Gasteiger partial charge >= 0.3 is 5.97 Å². The molecule has 0 saturated heterocycles. The Morgan fingerprint density at radius 2 is 1.76 bits per heavy atom. The maximum atomic E-state index is 12.8. The number of ether oxygens (including phenoxy) is 4. The van der Waals surface area contributed by atoms with Crippen LogP contribution in [0.15, 0.2) is 72.5 Å². The number of Topliss-reactive ketones (excluding diaryl/α,β-unsaturated/α-hetero) is 1. The van der Waals surface area contributed by atoms with Crippen LogP contribution >= 0.6 is 0 Å². The molecule has 0 aromatic heterocycles. The van der Waals surface area contributed by atoms with Gasteiger partial charge in [0, 0.05) is 12.5 Å². The van der Waals surface area contributed by atoms with E-state index in [1.165, 1.54) is 20.3 Å². The Bertz CT molecular complexity index is 1350. The van der Waals surface area contributed by atoms with E-state index < -0.39 is 24.5 Å². The number of fused-ring (bicyclic) bond motifs is 1. The molecule has 3 aromatic rings. The number of hydrogen-bond donors (Lipinski definition) is 2. The molecule has 0 aliphatic carbocycles. The first kappa shape index (κ1) is 25.3. The van der Waals surface area contributed by atoms with E-state index in [9.17, 15) is 19.5 Å². The molecule has 4 rings (SSSR count). The van der Waals surface area contributed by atoms with Crippen molar-refractivity contribution in [1.29, 1.82) is 0 Å². The molecule has 2 N–H and O–H groups in total. The third kappa shape index (κ3) is 6.07.